The van der Waals surface area contributed by atoms with Crippen LogP contribution < -0.4 is 4.74 Å². The van der Waals surface area contributed by atoms with E-state index in [0.29, 0.717) is 56.4 Å². The summed E-state index contributed by atoms with van der Waals surface area (Å²) >= 11 is 0. The number of benzene rings is 2. The first-order chi connectivity index (χ1) is 15.5. The molecule has 3 amide bonds. The molecule has 7 nitrogen and oxygen atoms in total. The van der Waals surface area contributed by atoms with Crippen LogP contribution >= 0.6 is 0 Å². The van der Waals surface area contributed by atoms with E-state index in [9.17, 15) is 14.4 Å². The zero-order valence-electron chi connectivity index (χ0n) is 17.6. The van der Waals surface area contributed by atoms with Gasteiger partial charge in [0.05, 0.1) is 11.1 Å². The van der Waals surface area contributed by atoms with Gasteiger partial charge in [0.25, 0.3) is 11.8 Å². The van der Waals surface area contributed by atoms with E-state index in [1.807, 2.05) is 24.3 Å². The summed E-state index contributed by atoms with van der Waals surface area (Å²) in [6, 6.07) is 14.4. The molecule has 0 radical (unpaired) electrons. The van der Waals surface area contributed by atoms with Crippen LogP contribution in [0.15, 0.2) is 48.5 Å². The van der Waals surface area contributed by atoms with Gasteiger partial charge in [-0.2, -0.15) is 0 Å². The van der Waals surface area contributed by atoms with E-state index in [1.165, 1.54) is 9.80 Å². The minimum Gasteiger partial charge on any atom is -0.490 e. The molecule has 0 saturated carbocycles. The summed E-state index contributed by atoms with van der Waals surface area (Å²) in [5.74, 6) is 6.45. The Balaban J connectivity index is 1.26. The first-order valence-electron chi connectivity index (χ1n) is 10.7. The zero-order chi connectivity index (χ0) is 22.5. The van der Waals surface area contributed by atoms with Crippen molar-refractivity contribution in [1.29, 1.82) is 0 Å². The van der Waals surface area contributed by atoms with E-state index < -0.39 is 6.09 Å². The number of imide groups is 1. The normalized spacial score (nSPS) is 15.9. The molecule has 2 aromatic carbocycles. The van der Waals surface area contributed by atoms with Crippen molar-refractivity contribution in [2.75, 3.05) is 19.6 Å². The van der Waals surface area contributed by atoms with Crippen molar-refractivity contribution in [3.8, 4) is 17.6 Å². The molecule has 1 saturated heterocycles. The lowest BCUT2D eigenvalue weighted by atomic mass is 10.1. The second kappa shape index (κ2) is 9.56. The summed E-state index contributed by atoms with van der Waals surface area (Å²) in [6.07, 6.45) is 1.61. The molecule has 32 heavy (non-hydrogen) atoms. The fraction of sp³-hybridized carbons (Fsp3) is 0.320. The molecule has 1 fully saturated rings. The topological polar surface area (TPSA) is 87.2 Å². The Kier molecular flexibility index (Phi) is 6.41. The van der Waals surface area contributed by atoms with E-state index in [0.717, 1.165) is 11.3 Å². The maximum Gasteiger partial charge on any atom is 0.407 e. The second-order valence-corrected chi connectivity index (χ2v) is 7.83. The number of ether oxygens (including phenoxy) is 1. The Labute approximate surface area is 186 Å². The standard InChI is InChI=1S/C25H24N2O5/c28-23-21-10-3-4-11-22(21)24(29)27(23)14-5-1-2-7-18-8-6-9-20(17-18)32-19-12-15-26(16-13-19)25(30)31/h3-4,6,8-11,17,19H,1,5,12-16H2,(H,30,31). The summed E-state index contributed by atoms with van der Waals surface area (Å²) in [5.41, 5.74) is 1.76. The molecule has 0 unspecified atom stereocenters. The van der Waals surface area contributed by atoms with Gasteiger partial charge in [-0.3, -0.25) is 14.5 Å². The number of nitrogens with zero attached hydrogens (tertiary/aromatic N) is 2. The van der Waals surface area contributed by atoms with Gasteiger partial charge in [0.2, 0.25) is 0 Å². The quantitative estimate of drug-likeness (QED) is 0.443. The molecule has 0 aliphatic carbocycles. The molecule has 2 aliphatic rings. The van der Waals surface area contributed by atoms with Crippen molar-refractivity contribution < 1.29 is 24.2 Å². The number of unbranched alkanes of at least 4 members (excludes halogenated alkanes) is 1. The third kappa shape index (κ3) is 4.75. The summed E-state index contributed by atoms with van der Waals surface area (Å²) in [6.45, 7) is 1.30. The summed E-state index contributed by atoms with van der Waals surface area (Å²) in [5, 5.41) is 9.03. The highest BCUT2D eigenvalue weighted by Gasteiger charge is 2.34. The van der Waals surface area contributed by atoms with Crippen LogP contribution in [0.4, 0.5) is 4.79 Å². The third-order valence-corrected chi connectivity index (χ3v) is 5.64. The Morgan fingerprint density at radius 1 is 1.03 bits per heavy atom. The van der Waals surface area contributed by atoms with Gasteiger partial charge in [-0.1, -0.05) is 30.0 Å². The van der Waals surface area contributed by atoms with E-state index in [-0.39, 0.29) is 17.9 Å². The molecular formula is C25H24N2O5. The number of likely N-dealkylation sites (tertiary alicyclic amines) is 1. The van der Waals surface area contributed by atoms with E-state index in [1.54, 1.807) is 24.3 Å². The molecule has 2 aliphatic heterocycles. The van der Waals surface area contributed by atoms with Crippen molar-refractivity contribution in [2.24, 2.45) is 0 Å². The van der Waals surface area contributed by atoms with Gasteiger partial charge in [-0.05, 0) is 36.8 Å². The minimum atomic E-state index is -0.885. The molecule has 7 heteroatoms. The number of rotatable bonds is 5. The number of carbonyl (C=O) groups is 3. The largest absolute Gasteiger partial charge is 0.490 e. The fourth-order valence-electron chi connectivity index (χ4n) is 3.94. The molecule has 1 N–H and O–H groups in total. The molecule has 0 bridgehead atoms. The number of piperidine rings is 1. The van der Waals surface area contributed by atoms with Crippen LogP contribution in [0.2, 0.25) is 0 Å². The van der Waals surface area contributed by atoms with Crippen LogP contribution in [-0.2, 0) is 0 Å². The van der Waals surface area contributed by atoms with Gasteiger partial charge in [0.1, 0.15) is 11.9 Å². The Morgan fingerprint density at radius 3 is 2.38 bits per heavy atom. The number of hydrogen-bond acceptors (Lipinski definition) is 4. The fourth-order valence-corrected chi connectivity index (χ4v) is 3.94. The molecule has 4 rings (SSSR count). The predicted octanol–water partition coefficient (Wildman–Crippen LogP) is 3.64. The Bertz CT molecular complexity index is 1060. The van der Waals surface area contributed by atoms with Crippen LogP contribution in [0.1, 0.15) is 52.0 Å². The van der Waals surface area contributed by atoms with Crippen molar-refractivity contribution >= 4 is 17.9 Å². The third-order valence-electron chi connectivity index (χ3n) is 5.64. The molecule has 2 heterocycles. The predicted molar refractivity (Wildman–Crippen MR) is 118 cm³/mol. The lowest BCUT2D eigenvalue weighted by Gasteiger charge is -2.30. The number of fused-ring (bicyclic) bond motifs is 1. The Hall–Kier alpha value is -3.79. The monoisotopic (exact) mass is 432 g/mol. The summed E-state index contributed by atoms with van der Waals surface area (Å²) in [7, 11) is 0. The number of carboxylic acid groups (broad SMARTS) is 1. The van der Waals surface area contributed by atoms with Gasteiger partial charge in [0.15, 0.2) is 0 Å². The van der Waals surface area contributed by atoms with Gasteiger partial charge < -0.3 is 14.7 Å². The second-order valence-electron chi connectivity index (χ2n) is 7.83. The maximum absolute atomic E-state index is 12.4. The summed E-state index contributed by atoms with van der Waals surface area (Å²) < 4.78 is 6.00. The lowest BCUT2D eigenvalue weighted by molar-refractivity contribution is 0.0652. The zero-order valence-corrected chi connectivity index (χ0v) is 17.6. The average Bonchev–Trinajstić information content (AvgIpc) is 3.04. The van der Waals surface area contributed by atoms with Crippen LogP contribution in [-0.4, -0.2) is 58.6 Å². The maximum atomic E-state index is 12.4. The molecule has 2 aromatic rings. The van der Waals surface area contributed by atoms with Gasteiger partial charge >= 0.3 is 6.09 Å². The summed E-state index contributed by atoms with van der Waals surface area (Å²) in [4.78, 5) is 38.4. The lowest BCUT2D eigenvalue weighted by Crippen LogP contribution is -2.41. The van der Waals surface area contributed by atoms with Crippen molar-refractivity contribution in [2.45, 2.75) is 31.8 Å². The van der Waals surface area contributed by atoms with E-state index in [2.05, 4.69) is 11.8 Å². The van der Waals surface area contributed by atoms with Gasteiger partial charge in [-0.15, -0.1) is 0 Å². The van der Waals surface area contributed by atoms with Crippen LogP contribution in [0, 0.1) is 11.8 Å². The van der Waals surface area contributed by atoms with Crippen molar-refractivity contribution in [1.82, 2.24) is 9.80 Å². The Morgan fingerprint density at radius 2 is 1.72 bits per heavy atom. The smallest absolute Gasteiger partial charge is 0.407 e. The first kappa shape index (κ1) is 21.4. The average molecular weight is 432 g/mol. The van der Waals surface area contributed by atoms with Crippen LogP contribution in [0.5, 0.6) is 5.75 Å². The first-order valence-corrected chi connectivity index (χ1v) is 10.7. The molecule has 0 spiro atoms. The SMILES string of the molecule is O=C(O)N1CCC(Oc2cccc(C#CCCCN3C(=O)c4ccccc4C3=O)c2)CC1. The highest BCUT2D eigenvalue weighted by atomic mass is 16.5. The van der Waals surface area contributed by atoms with Crippen LogP contribution in [0.3, 0.4) is 0 Å². The highest BCUT2D eigenvalue weighted by Crippen LogP contribution is 2.23. The van der Waals surface area contributed by atoms with Crippen molar-refractivity contribution in [3.05, 3.63) is 65.2 Å². The number of hydrogen-bond donors (Lipinski definition) is 1. The molecule has 0 atom stereocenters. The molecular weight excluding hydrogens is 408 g/mol. The van der Waals surface area contributed by atoms with E-state index in [4.69, 9.17) is 9.84 Å². The van der Waals surface area contributed by atoms with Crippen LogP contribution in [0.25, 0.3) is 0 Å². The van der Waals surface area contributed by atoms with E-state index >= 15 is 0 Å². The van der Waals surface area contributed by atoms with Gasteiger partial charge in [0, 0.05) is 44.5 Å². The molecule has 164 valence electrons. The van der Waals surface area contributed by atoms with Gasteiger partial charge in [-0.25, -0.2) is 4.79 Å². The number of carbonyl (C=O) groups excluding carboxylic acids is 2. The number of amides is 3. The van der Waals surface area contributed by atoms with Crippen molar-refractivity contribution in [3.63, 3.8) is 0 Å². The molecule has 0 aromatic heterocycles. The highest BCUT2D eigenvalue weighted by molar-refractivity contribution is 6.21. The minimum absolute atomic E-state index is 0.00605.